The predicted octanol–water partition coefficient (Wildman–Crippen LogP) is 0.950. The Kier molecular flexibility index (Phi) is 3.35. The lowest BCUT2D eigenvalue weighted by atomic mass is 9.96. The predicted molar refractivity (Wildman–Crippen MR) is 44.4 cm³/mol. The van der Waals surface area contributed by atoms with Crippen molar-refractivity contribution in [2.45, 2.75) is 12.8 Å². The second-order valence-electron chi connectivity index (χ2n) is 2.64. The van der Waals surface area contributed by atoms with Crippen molar-refractivity contribution >= 4 is 21.7 Å². The highest BCUT2D eigenvalue weighted by Gasteiger charge is 2.18. The van der Waals surface area contributed by atoms with Gasteiger partial charge in [0.1, 0.15) is 5.78 Å². The largest absolute Gasteiger partial charge is 0.316 e. The SMILES string of the molecule is O=C(CBr)[C@@H]1CCCNC1. The van der Waals surface area contributed by atoms with E-state index in [1.54, 1.807) is 0 Å². The number of Topliss-reactive ketones (excluding diaryl/α,β-unsaturated/α-hetero) is 1. The molecule has 0 aromatic heterocycles. The lowest BCUT2D eigenvalue weighted by Gasteiger charge is -2.20. The van der Waals surface area contributed by atoms with Crippen LogP contribution in [-0.4, -0.2) is 24.2 Å². The number of carbonyl (C=O) groups excluding carboxylic acids is 1. The molecule has 1 rings (SSSR count). The van der Waals surface area contributed by atoms with Crippen LogP contribution >= 0.6 is 15.9 Å². The monoisotopic (exact) mass is 205 g/mol. The number of ketones is 1. The van der Waals surface area contributed by atoms with E-state index in [1.807, 2.05) is 0 Å². The van der Waals surface area contributed by atoms with Crippen LogP contribution in [0.1, 0.15) is 12.8 Å². The number of hydrogen-bond donors (Lipinski definition) is 1. The Morgan fingerprint density at radius 2 is 2.50 bits per heavy atom. The van der Waals surface area contributed by atoms with Gasteiger partial charge in [0.2, 0.25) is 0 Å². The van der Waals surface area contributed by atoms with Gasteiger partial charge in [-0.25, -0.2) is 0 Å². The molecule has 0 amide bonds. The zero-order valence-corrected chi connectivity index (χ0v) is 7.49. The Hall–Kier alpha value is 0.110. The maximum atomic E-state index is 11.1. The quantitative estimate of drug-likeness (QED) is 0.681. The molecule has 0 radical (unpaired) electrons. The van der Waals surface area contributed by atoms with Gasteiger partial charge in [-0.2, -0.15) is 0 Å². The highest BCUT2D eigenvalue weighted by molar-refractivity contribution is 9.09. The summed E-state index contributed by atoms with van der Waals surface area (Å²) in [5.41, 5.74) is 0. The van der Waals surface area contributed by atoms with Crippen LogP contribution in [0.2, 0.25) is 0 Å². The maximum Gasteiger partial charge on any atom is 0.147 e. The van der Waals surface area contributed by atoms with E-state index in [9.17, 15) is 4.79 Å². The van der Waals surface area contributed by atoms with Gasteiger partial charge in [-0.15, -0.1) is 0 Å². The molecule has 1 aliphatic rings. The van der Waals surface area contributed by atoms with Gasteiger partial charge in [0, 0.05) is 12.5 Å². The lowest BCUT2D eigenvalue weighted by molar-refractivity contribution is -0.120. The Labute approximate surface area is 69.5 Å². The fraction of sp³-hybridized carbons (Fsp3) is 0.857. The average molecular weight is 206 g/mol. The molecule has 1 aliphatic heterocycles. The van der Waals surface area contributed by atoms with E-state index in [1.165, 1.54) is 0 Å². The minimum atomic E-state index is 0.271. The first-order valence-corrected chi connectivity index (χ1v) is 4.76. The molecule has 0 aliphatic carbocycles. The molecule has 2 nitrogen and oxygen atoms in total. The smallest absolute Gasteiger partial charge is 0.147 e. The van der Waals surface area contributed by atoms with Crippen molar-refractivity contribution < 1.29 is 4.79 Å². The molecule has 58 valence electrons. The maximum absolute atomic E-state index is 11.1. The molecule has 0 bridgehead atoms. The minimum absolute atomic E-state index is 0.271. The summed E-state index contributed by atoms with van der Waals surface area (Å²) in [7, 11) is 0. The number of piperidine rings is 1. The van der Waals surface area contributed by atoms with E-state index >= 15 is 0 Å². The van der Waals surface area contributed by atoms with Crippen molar-refractivity contribution in [3.8, 4) is 0 Å². The van der Waals surface area contributed by atoms with E-state index < -0.39 is 0 Å². The number of carbonyl (C=O) groups is 1. The van der Waals surface area contributed by atoms with Gasteiger partial charge in [0.05, 0.1) is 5.33 Å². The molecular weight excluding hydrogens is 194 g/mol. The normalized spacial score (nSPS) is 26.3. The van der Waals surface area contributed by atoms with Crippen LogP contribution in [0.4, 0.5) is 0 Å². The molecule has 1 N–H and O–H groups in total. The molecule has 10 heavy (non-hydrogen) atoms. The average Bonchev–Trinajstić information content (AvgIpc) is 2.05. The topological polar surface area (TPSA) is 29.1 Å². The van der Waals surface area contributed by atoms with Gasteiger partial charge >= 0.3 is 0 Å². The van der Waals surface area contributed by atoms with Gasteiger partial charge in [0.15, 0.2) is 0 Å². The molecule has 0 unspecified atom stereocenters. The van der Waals surface area contributed by atoms with Crippen LogP contribution in [0.25, 0.3) is 0 Å². The third-order valence-corrected chi connectivity index (χ3v) is 2.44. The standard InChI is InChI=1S/C7H12BrNO/c8-4-7(10)6-2-1-3-9-5-6/h6,9H,1-5H2/t6-/m1/s1. The van der Waals surface area contributed by atoms with Gasteiger partial charge in [-0.1, -0.05) is 15.9 Å². The van der Waals surface area contributed by atoms with Crippen molar-refractivity contribution in [2.75, 3.05) is 18.4 Å². The van der Waals surface area contributed by atoms with Crippen LogP contribution < -0.4 is 5.32 Å². The van der Waals surface area contributed by atoms with Crippen molar-refractivity contribution in [3.63, 3.8) is 0 Å². The number of alkyl halides is 1. The summed E-state index contributed by atoms with van der Waals surface area (Å²) in [6, 6.07) is 0. The fourth-order valence-electron chi connectivity index (χ4n) is 1.24. The molecule has 0 spiro atoms. The molecule has 0 saturated carbocycles. The lowest BCUT2D eigenvalue weighted by Crippen LogP contribution is -2.34. The first-order chi connectivity index (χ1) is 4.84. The summed E-state index contributed by atoms with van der Waals surface area (Å²) < 4.78 is 0. The van der Waals surface area contributed by atoms with Crippen LogP contribution in [-0.2, 0) is 4.79 Å². The van der Waals surface area contributed by atoms with Crippen molar-refractivity contribution in [1.29, 1.82) is 0 Å². The highest BCUT2D eigenvalue weighted by atomic mass is 79.9. The van der Waals surface area contributed by atoms with Crippen molar-refractivity contribution in [1.82, 2.24) is 5.32 Å². The van der Waals surface area contributed by atoms with Crippen LogP contribution in [0.3, 0.4) is 0 Å². The van der Waals surface area contributed by atoms with E-state index in [-0.39, 0.29) is 5.92 Å². The van der Waals surface area contributed by atoms with Crippen molar-refractivity contribution in [2.24, 2.45) is 5.92 Å². The Morgan fingerprint density at radius 1 is 1.70 bits per heavy atom. The first kappa shape index (κ1) is 8.21. The summed E-state index contributed by atoms with van der Waals surface area (Å²) >= 11 is 3.17. The molecular formula is C7H12BrNO. The van der Waals surface area contributed by atoms with E-state index in [4.69, 9.17) is 0 Å². The van der Waals surface area contributed by atoms with Gasteiger partial charge in [-0.05, 0) is 19.4 Å². The minimum Gasteiger partial charge on any atom is -0.316 e. The summed E-state index contributed by atoms with van der Waals surface area (Å²) in [5, 5.41) is 3.72. The summed E-state index contributed by atoms with van der Waals surface area (Å²) in [5.74, 6) is 0.611. The first-order valence-electron chi connectivity index (χ1n) is 3.64. The molecule has 1 saturated heterocycles. The second kappa shape index (κ2) is 4.09. The zero-order valence-electron chi connectivity index (χ0n) is 5.90. The van der Waals surface area contributed by atoms with Gasteiger partial charge in [-0.3, -0.25) is 4.79 Å². The Morgan fingerprint density at radius 3 is 3.00 bits per heavy atom. The number of rotatable bonds is 2. The van der Waals surface area contributed by atoms with E-state index in [2.05, 4.69) is 21.2 Å². The summed E-state index contributed by atoms with van der Waals surface area (Å²) in [6.07, 6.45) is 2.21. The van der Waals surface area contributed by atoms with Crippen LogP contribution in [0, 0.1) is 5.92 Å². The second-order valence-corrected chi connectivity index (χ2v) is 3.20. The fourth-order valence-corrected chi connectivity index (χ4v) is 1.69. The molecule has 3 heteroatoms. The Balaban J connectivity index is 2.31. The molecule has 1 heterocycles. The van der Waals surface area contributed by atoms with Gasteiger partial charge in [0.25, 0.3) is 0 Å². The zero-order chi connectivity index (χ0) is 7.40. The number of hydrogen-bond acceptors (Lipinski definition) is 2. The summed E-state index contributed by atoms with van der Waals surface area (Å²) in [4.78, 5) is 11.1. The number of nitrogens with one attached hydrogen (secondary N) is 1. The third-order valence-electron chi connectivity index (χ3n) is 1.88. The molecule has 0 aromatic rings. The van der Waals surface area contributed by atoms with Crippen LogP contribution in [0.5, 0.6) is 0 Å². The van der Waals surface area contributed by atoms with Crippen LogP contribution in [0.15, 0.2) is 0 Å². The van der Waals surface area contributed by atoms with Crippen molar-refractivity contribution in [3.05, 3.63) is 0 Å². The van der Waals surface area contributed by atoms with E-state index in [0.29, 0.717) is 11.1 Å². The number of halogens is 1. The third kappa shape index (κ3) is 2.06. The van der Waals surface area contributed by atoms with E-state index in [0.717, 1.165) is 25.9 Å². The highest BCUT2D eigenvalue weighted by Crippen LogP contribution is 2.11. The Bertz CT molecular complexity index is 121. The molecule has 1 fully saturated rings. The molecule has 0 aromatic carbocycles. The molecule has 1 atom stereocenters. The summed E-state index contributed by atoms with van der Waals surface area (Å²) in [6.45, 7) is 1.95. The van der Waals surface area contributed by atoms with Gasteiger partial charge < -0.3 is 5.32 Å².